The quantitative estimate of drug-likeness (QED) is 0.564. The number of anilines is 1. The van der Waals surface area contributed by atoms with Crippen LogP contribution < -0.4 is 4.90 Å². The van der Waals surface area contributed by atoms with E-state index in [0.29, 0.717) is 25.0 Å². The number of aromatic nitrogens is 1. The number of thiocarbonyl (C=S) groups is 1. The Morgan fingerprint density at radius 1 is 1.14 bits per heavy atom. The lowest BCUT2D eigenvalue weighted by molar-refractivity contribution is -0.113. The molecule has 0 spiro atoms. The molecule has 1 aliphatic heterocycles. The molecule has 2 aromatic rings. The van der Waals surface area contributed by atoms with Crippen LogP contribution in [0.25, 0.3) is 6.08 Å². The molecule has 3 rings (SSSR count). The van der Waals surface area contributed by atoms with Crippen molar-refractivity contribution in [3.05, 3.63) is 63.2 Å². The number of rotatable bonds is 2. The first-order valence-electron chi connectivity index (χ1n) is 6.19. The lowest BCUT2D eigenvalue weighted by atomic mass is 10.2. The Hall–Kier alpha value is -1.40. The fourth-order valence-electron chi connectivity index (χ4n) is 1.93. The van der Waals surface area contributed by atoms with Gasteiger partial charge in [-0.25, -0.2) is 0 Å². The van der Waals surface area contributed by atoms with E-state index in [1.165, 1.54) is 16.7 Å². The van der Waals surface area contributed by atoms with Crippen molar-refractivity contribution in [2.75, 3.05) is 4.90 Å². The maximum atomic E-state index is 12.6. The summed E-state index contributed by atoms with van der Waals surface area (Å²) >= 11 is 18.5. The van der Waals surface area contributed by atoms with Crippen LogP contribution in [0.1, 0.15) is 5.56 Å². The fourth-order valence-corrected chi connectivity index (χ4v) is 3.52. The van der Waals surface area contributed by atoms with Crippen LogP contribution in [0.15, 0.2) is 47.6 Å². The minimum absolute atomic E-state index is 0.176. The van der Waals surface area contributed by atoms with Crippen LogP contribution in [0.2, 0.25) is 10.0 Å². The van der Waals surface area contributed by atoms with Gasteiger partial charge in [-0.3, -0.25) is 14.7 Å². The summed E-state index contributed by atoms with van der Waals surface area (Å²) in [4.78, 5) is 18.5. The highest BCUT2D eigenvalue weighted by atomic mass is 35.5. The van der Waals surface area contributed by atoms with Crippen LogP contribution in [-0.2, 0) is 4.79 Å². The SMILES string of the molecule is O=C1C(=Cc2ccncc2)SC(=S)N1c1ccc(Cl)c(Cl)c1. The second-order valence-corrected chi connectivity index (χ2v) is 6.89. The third-order valence-corrected chi connectivity index (χ3v) is 5.00. The number of thioether (sulfide) groups is 1. The Labute approximate surface area is 146 Å². The first-order chi connectivity index (χ1) is 10.6. The molecular formula is C15H8Cl2N2OS2. The molecule has 1 amide bonds. The van der Waals surface area contributed by atoms with E-state index in [1.54, 1.807) is 36.7 Å². The van der Waals surface area contributed by atoms with E-state index in [2.05, 4.69) is 4.98 Å². The van der Waals surface area contributed by atoms with Gasteiger partial charge in [0.05, 0.1) is 20.6 Å². The predicted molar refractivity (Wildman–Crippen MR) is 96.4 cm³/mol. The molecule has 1 aromatic heterocycles. The van der Waals surface area contributed by atoms with Gasteiger partial charge in [-0.1, -0.05) is 47.2 Å². The molecule has 7 heteroatoms. The number of amides is 1. The maximum absolute atomic E-state index is 12.6. The van der Waals surface area contributed by atoms with Crippen molar-refractivity contribution in [3.8, 4) is 0 Å². The first kappa shape index (κ1) is 15.5. The molecule has 110 valence electrons. The van der Waals surface area contributed by atoms with E-state index in [4.69, 9.17) is 35.4 Å². The summed E-state index contributed by atoms with van der Waals surface area (Å²) in [7, 11) is 0. The zero-order chi connectivity index (χ0) is 15.7. The first-order valence-corrected chi connectivity index (χ1v) is 8.17. The highest BCUT2D eigenvalue weighted by Crippen LogP contribution is 2.37. The molecule has 1 aromatic carbocycles. The number of pyridine rings is 1. The average molecular weight is 367 g/mol. The summed E-state index contributed by atoms with van der Waals surface area (Å²) in [5, 5.41) is 0.814. The molecule has 1 saturated heterocycles. The number of hydrogen-bond acceptors (Lipinski definition) is 4. The summed E-state index contributed by atoms with van der Waals surface area (Å²) in [6.07, 6.45) is 5.13. The molecule has 22 heavy (non-hydrogen) atoms. The van der Waals surface area contributed by atoms with Gasteiger partial charge >= 0.3 is 0 Å². The molecule has 2 heterocycles. The summed E-state index contributed by atoms with van der Waals surface area (Å²) in [6, 6.07) is 8.64. The molecule has 0 bridgehead atoms. The smallest absolute Gasteiger partial charge is 0.268 e. The van der Waals surface area contributed by atoms with Crippen molar-refractivity contribution in [1.29, 1.82) is 0 Å². The van der Waals surface area contributed by atoms with Gasteiger partial charge in [0.2, 0.25) is 0 Å². The van der Waals surface area contributed by atoms with Gasteiger partial charge in [0, 0.05) is 12.4 Å². The van der Waals surface area contributed by atoms with Crippen molar-refractivity contribution in [1.82, 2.24) is 4.98 Å². The van der Waals surface area contributed by atoms with E-state index in [-0.39, 0.29) is 5.91 Å². The van der Waals surface area contributed by atoms with Crippen molar-refractivity contribution < 1.29 is 4.79 Å². The minimum Gasteiger partial charge on any atom is -0.268 e. The van der Waals surface area contributed by atoms with Gasteiger partial charge < -0.3 is 0 Å². The van der Waals surface area contributed by atoms with Crippen LogP contribution in [-0.4, -0.2) is 15.2 Å². The molecule has 1 aliphatic rings. The number of nitrogens with zero attached hydrogens (tertiary/aromatic N) is 2. The lowest BCUT2D eigenvalue weighted by Gasteiger charge is -2.15. The second-order valence-electron chi connectivity index (χ2n) is 4.40. The van der Waals surface area contributed by atoms with E-state index in [1.807, 2.05) is 12.1 Å². The summed E-state index contributed by atoms with van der Waals surface area (Å²) in [5.74, 6) is -0.176. The zero-order valence-corrected chi connectivity index (χ0v) is 14.1. The molecule has 0 saturated carbocycles. The van der Waals surface area contributed by atoms with Crippen molar-refractivity contribution in [2.24, 2.45) is 0 Å². The number of halogens is 2. The van der Waals surface area contributed by atoms with Gasteiger partial charge in [0.15, 0.2) is 4.32 Å². The minimum atomic E-state index is -0.176. The third-order valence-electron chi connectivity index (χ3n) is 2.96. The molecule has 0 aliphatic carbocycles. The second kappa shape index (κ2) is 6.38. The summed E-state index contributed by atoms with van der Waals surface area (Å²) in [6.45, 7) is 0. The normalized spacial score (nSPS) is 16.6. The Kier molecular flexibility index (Phi) is 4.49. The topological polar surface area (TPSA) is 33.2 Å². The highest BCUT2D eigenvalue weighted by molar-refractivity contribution is 8.27. The number of carbonyl (C=O) groups excluding carboxylic acids is 1. The fraction of sp³-hybridized carbons (Fsp3) is 0. The van der Waals surface area contributed by atoms with Gasteiger partial charge in [0.25, 0.3) is 5.91 Å². The van der Waals surface area contributed by atoms with E-state index < -0.39 is 0 Å². The van der Waals surface area contributed by atoms with E-state index >= 15 is 0 Å². The molecule has 0 N–H and O–H groups in total. The van der Waals surface area contributed by atoms with Crippen LogP contribution >= 0.6 is 47.2 Å². The molecule has 1 fully saturated rings. The molecular weight excluding hydrogens is 359 g/mol. The average Bonchev–Trinajstić information content (AvgIpc) is 2.78. The van der Waals surface area contributed by atoms with Gasteiger partial charge in [0.1, 0.15) is 0 Å². The molecule has 3 nitrogen and oxygen atoms in total. The molecule has 0 atom stereocenters. The van der Waals surface area contributed by atoms with Crippen molar-refractivity contribution >= 4 is 69.2 Å². The van der Waals surface area contributed by atoms with Crippen LogP contribution in [0.3, 0.4) is 0 Å². The number of carbonyl (C=O) groups is 1. The summed E-state index contributed by atoms with van der Waals surface area (Å²) < 4.78 is 0.462. The number of benzene rings is 1. The Bertz CT molecular complexity index is 793. The van der Waals surface area contributed by atoms with E-state index in [0.717, 1.165) is 5.56 Å². The van der Waals surface area contributed by atoms with Gasteiger partial charge in [-0.2, -0.15) is 0 Å². The predicted octanol–water partition coefficient (Wildman–Crippen LogP) is 4.79. The Morgan fingerprint density at radius 3 is 2.55 bits per heavy atom. The van der Waals surface area contributed by atoms with Gasteiger partial charge in [-0.15, -0.1) is 0 Å². The monoisotopic (exact) mass is 366 g/mol. The lowest BCUT2D eigenvalue weighted by Crippen LogP contribution is -2.27. The van der Waals surface area contributed by atoms with Crippen LogP contribution in [0.5, 0.6) is 0 Å². The summed E-state index contributed by atoms with van der Waals surface area (Å²) in [5.41, 5.74) is 1.50. The largest absolute Gasteiger partial charge is 0.270 e. The highest BCUT2D eigenvalue weighted by Gasteiger charge is 2.33. The third kappa shape index (κ3) is 3.03. The van der Waals surface area contributed by atoms with Crippen molar-refractivity contribution in [2.45, 2.75) is 0 Å². The standard InChI is InChI=1S/C15H8Cl2N2OS2/c16-11-2-1-10(8-12(11)17)19-14(20)13(22-15(19)21)7-9-3-5-18-6-4-9/h1-8H. The zero-order valence-electron chi connectivity index (χ0n) is 11.0. The number of hydrogen-bond donors (Lipinski definition) is 0. The molecule has 0 unspecified atom stereocenters. The van der Waals surface area contributed by atoms with Crippen LogP contribution in [0, 0.1) is 0 Å². The molecule has 0 radical (unpaired) electrons. The Balaban J connectivity index is 1.95. The van der Waals surface area contributed by atoms with Crippen molar-refractivity contribution in [3.63, 3.8) is 0 Å². The van der Waals surface area contributed by atoms with E-state index in [9.17, 15) is 4.79 Å². The van der Waals surface area contributed by atoms with Crippen LogP contribution in [0.4, 0.5) is 5.69 Å². The van der Waals surface area contributed by atoms with Gasteiger partial charge in [-0.05, 0) is 42.0 Å². The maximum Gasteiger partial charge on any atom is 0.270 e. The Morgan fingerprint density at radius 2 is 1.86 bits per heavy atom.